The Balaban J connectivity index is 1.65. The number of pyridine rings is 1. The average Bonchev–Trinajstić information content (AvgIpc) is 3.34. The molecule has 156 valence electrons. The van der Waals surface area contributed by atoms with Gasteiger partial charge in [0.1, 0.15) is 0 Å². The summed E-state index contributed by atoms with van der Waals surface area (Å²) in [6.07, 6.45) is 4.05. The number of aromatic nitrogens is 1. The van der Waals surface area contributed by atoms with E-state index in [0.717, 1.165) is 27.1 Å². The third-order valence-corrected chi connectivity index (χ3v) is 6.71. The van der Waals surface area contributed by atoms with Gasteiger partial charge in [-0.2, -0.15) is 0 Å². The van der Waals surface area contributed by atoms with Crippen LogP contribution in [-0.2, 0) is 0 Å². The molecule has 1 unspecified atom stereocenters. The summed E-state index contributed by atoms with van der Waals surface area (Å²) in [7, 11) is 0. The topological polar surface area (TPSA) is 32.9 Å². The number of fused-ring (bicyclic) bond motifs is 1. The molecule has 2 nitrogen and oxygen atoms in total. The minimum atomic E-state index is -0.106. The fourth-order valence-corrected chi connectivity index (χ4v) is 5.00. The first kappa shape index (κ1) is 20.5. The summed E-state index contributed by atoms with van der Waals surface area (Å²) in [5.74, 6) is 0.0922. The van der Waals surface area contributed by atoms with E-state index in [1.165, 1.54) is 16.0 Å². The van der Waals surface area contributed by atoms with Crippen LogP contribution in [0.3, 0.4) is 0 Å². The molecule has 0 saturated heterocycles. The second-order valence-corrected chi connectivity index (χ2v) is 9.05. The van der Waals surface area contributed by atoms with Gasteiger partial charge in [-0.25, -0.2) is 0 Å². The van der Waals surface area contributed by atoms with Crippen molar-refractivity contribution in [2.24, 2.45) is 0 Å². The molecule has 5 aromatic rings. The van der Waals surface area contributed by atoms with E-state index in [2.05, 4.69) is 46.8 Å². The second kappa shape index (κ2) is 8.99. The molecular weight excluding hydrogens is 434 g/mol. The van der Waals surface area contributed by atoms with Crippen molar-refractivity contribution in [2.75, 3.05) is 0 Å². The van der Waals surface area contributed by atoms with Crippen molar-refractivity contribution >= 4 is 46.0 Å². The molecule has 0 spiro atoms. The van der Waals surface area contributed by atoms with Crippen LogP contribution in [0.25, 0.3) is 23.1 Å². The summed E-state index contributed by atoms with van der Waals surface area (Å²) in [5.41, 5.74) is 5.07. The van der Waals surface area contributed by atoms with E-state index in [0.29, 0.717) is 0 Å². The number of rotatable bonds is 5. The number of aromatic amines is 1. The normalized spacial score (nSPS) is 12.4. The molecule has 5 rings (SSSR count). The lowest BCUT2D eigenvalue weighted by Gasteiger charge is -2.18. The maximum Gasteiger partial charge on any atom is 0.249 e. The molecule has 0 fully saturated rings. The van der Waals surface area contributed by atoms with Crippen LogP contribution in [0.4, 0.5) is 0 Å². The van der Waals surface area contributed by atoms with Crippen LogP contribution in [-0.4, -0.2) is 4.98 Å². The molecule has 0 radical (unpaired) electrons. The average molecular weight is 454 g/mol. The van der Waals surface area contributed by atoms with Crippen LogP contribution in [0.15, 0.2) is 101 Å². The highest BCUT2D eigenvalue weighted by atomic mass is 35.5. The van der Waals surface area contributed by atoms with Gasteiger partial charge in [0.25, 0.3) is 0 Å². The van der Waals surface area contributed by atoms with Gasteiger partial charge in [-0.1, -0.05) is 78.4 Å². The number of nitrogens with one attached hydrogen (secondary N) is 1. The molecule has 3 aromatic carbocycles. The van der Waals surface area contributed by atoms with Crippen LogP contribution in [0.5, 0.6) is 0 Å². The smallest absolute Gasteiger partial charge is 0.249 e. The maximum absolute atomic E-state index is 12.3. The number of halogens is 1. The number of thiophene rings is 1. The minimum absolute atomic E-state index is 0.0922. The summed E-state index contributed by atoms with van der Waals surface area (Å²) in [6.45, 7) is 0. The Kier molecular flexibility index (Phi) is 5.76. The van der Waals surface area contributed by atoms with Gasteiger partial charge in [0.15, 0.2) is 0 Å². The third kappa shape index (κ3) is 4.31. The molecule has 0 saturated carbocycles. The van der Waals surface area contributed by atoms with Crippen molar-refractivity contribution < 1.29 is 0 Å². The molecule has 32 heavy (non-hydrogen) atoms. The largest absolute Gasteiger partial charge is 0.322 e. The summed E-state index contributed by atoms with van der Waals surface area (Å²) in [6, 6.07) is 30.3. The van der Waals surface area contributed by atoms with Crippen molar-refractivity contribution in [2.45, 2.75) is 5.92 Å². The van der Waals surface area contributed by atoms with Crippen molar-refractivity contribution in [3.63, 3.8) is 0 Å². The summed E-state index contributed by atoms with van der Waals surface area (Å²) >= 11 is 7.89. The maximum atomic E-state index is 12.3. The van der Waals surface area contributed by atoms with Gasteiger partial charge in [0.05, 0.1) is 0 Å². The van der Waals surface area contributed by atoms with Crippen molar-refractivity contribution in [3.8, 4) is 0 Å². The molecular formula is C28H20ClNOS. The molecule has 2 heterocycles. The van der Waals surface area contributed by atoms with Gasteiger partial charge in [-0.05, 0) is 58.0 Å². The fourth-order valence-electron chi connectivity index (χ4n) is 4.00. The molecule has 0 amide bonds. The van der Waals surface area contributed by atoms with Crippen LogP contribution in [0.2, 0.25) is 5.02 Å². The molecule has 0 aliphatic carbocycles. The lowest BCUT2D eigenvalue weighted by Crippen LogP contribution is -2.06. The fraction of sp³-hybridized carbons (Fsp3) is 0.0357. The first-order valence-corrected chi connectivity index (χ1v) is 11.6. The zero-order valence-electron chi connectivity index (χ0n) is 17.2. The minimum Gasteiger partial charge on any atom is -0.322 e. The molecule has 4 heteroatoms. The van der Waals surface area contributed by atoms with E-state index in [4.69, 9.17) is 11.6 Å². The SMILES string of the molecule is O=c1cc(/C=C/c2ccccc2)c2cc(C(c3ccc(Cl)cc3)c3cccs3)ccc2[nH]1. The number of hydrogen-bond acceptors (Lipinski definition) is 2. The predicted molar refractivity (Wildman–Crippen MR) is 137 cm³/mol. The molecule has 0 aliphatic heterocycles. The zero-order chi connectivity index (χ0) is 21.9. The molecule has 0 bridgehead atoms. The van der Waals surface area contributed by atoms with Crippen LogP contribution in [0, 0.1) is 0 Å². The Morgan fingerprint density at radius 2 is 1.59 bits per heavy atom. The third-order valence-electron chi connectivity index (χ3n) is 5.52. The summed E-state index contributed by atoms with van der Waals surface area (Å²) in [5, 5.41) is 3.85. The van der Waals surface area contributed by atoms with Crippen molar-refractivity contribution in [1.29, 1.82) is 0 Å². The Morgan fingerprint density at radius 1 is 0.812 bits per heavy atom. The lowest BCUT2D eigenvalue weighted by molar-refractivity contribution is 1.01. The van der Waals surface area contributed by atoms with Crippen molar-refractivity contribution in [1.82, 2.24) is 4.98 Å². The van der Waals surface area contributed by atoms with Gasteiger partial charge in [0.2, 0.25) is 5.56 Å². The Hall–Kier alpha value is -3.40. The Bertz CT molecular complexity index is 1440. The van der Waals surface area contributed by atoms with E-state index in [9.17, 15) is 4.79 Å². The summed E-state index contributed by atoms with van der Waals surface area (Å²) < 4.78 is 0. The summed E-state index contributed by atoms with van der Waals surface area (Å²) in [4.78, 5) is 16.5. The standard InChI is InChI=1S/C28H20ClNOS/c29-23-13-10-20(11-14-23)28(26-7-4-16-32-26)22-12-15-25-24(17-22)21(18-27(31)30-25)9-8-19-5-2-1-3-6-19/h1-18,28H,(H,30,31)/b9-8+. The molecule has 1 N–H and O–H groups in total. The van der Waals surface area contributed by atoms with Gasteiger partial charge in [0, 0.05) is 32.8 Å². The highest BCUT2D eigenvalue weighted by Gasteiger charge is 2.19. The quantitative estimate of drug-likeness (QED) is 0.292. The van der Waals surface area contributed by atoms with E-state index in [1.807, 2.05) is 60.7 Å². The van der Waals surface area contributed by atoms with E-state index in [-0.39, 0.29) is 11.5 Å². The predicted octanol–water partition coefficient (Wildman–Crippen LogP) is 7.59. The van der Waals surface area contributed by atoms with E-state index in [1.54, 1.807) is 17.4 Å². The number of H-pyrrole nitrogens is 1. The van der Waals surface area contributed by atoms with Gasteiger partial charge < -0.3 is 4.98 Å². The molecule has 1 atom stereocenters. The monoisotopic (exact) mass is 453 g/mol. The highest BCUT2D eigenvalue weighted by molar-refractivity contribution is 7.10. The number of hydrogen-bond donors (Lipinski definition) is 1. The first-order valence-electron chi connectivity index (χ1n) is 10.4. The van der Waals surface area contributed by atoms with Gasteiger partial charge >= 0.3 is 0 Å². The number of benzene rings is 3. The van der Waals surface area contributed by atoms with Crippen LogP contribution >= 0.6 is 22.9 Å². The molecule has 0 aliphatic rings. The van der Waals surface area contributed by atoms with E-state index < -0.39 is 0 Å². The van der Waals surface area contributed by atoms with Gasteiger partial charge in [-0.3, -0.25) is 4.79 Å². The van der Waals surface area contributed by atoms with Crippen LogP contribution < -0.4 is 5.56 Å². The van der Waals surface area contributed by atoms with Crippen LogP contribution in [0.1, 0.15) is 33.0 Å². The zero-order valence-corrected chi connectivity index (χ0v) is 18.7. The van der Waals surface area contributed by atoms with Crippen molar-refractivity contribution in [3.05, 3.63) is 139 Å². The Labute approximate surface area is 195 Å². The lowest BCUT2D eigenvalue weighted by atomic mass is 9.88. The highest BCUT2D eigenvalue weighted by Crippen LogP contribution is 2.36. The van der Waals surface area contributed by atoms with E-state index >= 15 is 0 Å². The second-order valence-electron chi connectivity index (χ2n) is 7.64. The molecule has 2 aromatic heterocycles. The Morgan fingerprint density at radius 3 is 2.34 bits per heavy atom. The first-order chi connectivity index (χ1) is 15.7. The van der Waals surface area contributed by atoms with Gasteiger partial charge in [-0.15, -0.1) is 11.3 Å².